The fraction of sp³-hybridized carbons (Fsp3) is 0.364. The van der Waals surface area contributed by atoms with E-state index in [0.717, 1.165) is 25.7 Å². The van der Waals surface area contributed by atoms with Crippen molar-refractivity contribution in [1.29, 1.82) is 0 Å². The van der Waals surface area contributed by atoms with Crippen molar-refractivity contribution in [2.75, 3.05) is 12.4 Å². The van der Waals surface area contributed by atoms with Crippen molar-refractivity contribution >= 4 is 46.2 Å². The summed E-state index contributed by atoms with van der Waals surface area (Å²) in [5, 5.41) is 7.09. The highest BCUT2D eigenvalue weighted by molar-refractivity contribution is 7.92. The number of carbonyl (C=O) groups is 2. The Labute approximate surface area is 194 Å². The highest BCUT2D eigenvalue weighted by Gasteiger charge is 2.25. The molecule has 0 saturated heterocycles. The summed E-state index contributed by atoms with van der Waals surface area (Å²) in [5.74, 6) is 0.0836. The number of hydrogen-bond donors (Lipinski definition) is 2. The Morgan fingerprint density at radius 3 is 1.90 bits per heavy atom. The number of hydrogen-bond acceptors (Lipinski definition) is 4. The molecule has 2 N–H and O–H groups in total. The first-order chi connectivity index (χ1) is 14.9. The van der Waals surface area contributed by atoms with E-state index in [2.05, 4.69) is 10.6 Å². The first kappa shape index (κ1) is 23.7. The minimum atomic E-state index is -1.41. The maximum atomic E-state index is 12.3. The van der Waals surface area contributed by atoms with E-state index in [4.69, 9.17) is 27.9 Å². The molecule has 0 aromatic heterocycles. The molecule has 1 fully saturated rings. The molecule has 166 valence electrons. The molecule has 0 bridgehead atoms. The lowest BCUT2D eigenvalue weighted by Crippen LogP contribution is -2.45. The van der Waals surface area contributed by atoms with Crippen LogP contribution in [-0.4, -0.2) is 40.8 Å². The summed E-state index contributed by atoms with van der Waals surface area (Å²) < 4.78 is 17.8. The zero-order valence-electron chi connectivity index (χ0n) is 16.8. The van der Waals surface area contributed by atoms with E-state index in [1.54, 1.807) is 48.5 Å². The van der Waals surface area contributed by atoms with Gasteiger partial charge in [0.15, 0.2) is 17.3 Å². The van der Waals surface area contributed by atoms with Gasteiger partial charge in [-0.3, -0.25) is 9.59 Å². The minimum absolute atomic E-state index is 0.0215. The van der Waals surface area contributed by atoms with Gasteiger partial charge in [-0.25, -0.2) is 0 Å². The van der Waals surface area contributed by atoms with Crippen LogP contribution in [0.1, 0.15) is 25.7 Å². The lowest BCUT2D eigenvalue weighted by atomic mass is 9.91. The average molecular weight is 483 g/mol. The summed E-state index contributed by atoms with van der Waals surface area (Å²) in [6.45, 7) is -0.0607. The van der Waals surface area contributed by atoms with E-state index in [1.165, 1.54) is 0 Å². The van der Waals surface area contributed by atoms with Crippen molar-refractivity contribution in [3.63, 3.8) is 0 Å². The molecule has 1 unspecified atom stereocenters. The largest absolute Gasteiger partial charge is 0.611 e. The fourth-order valence-electron chi connectivity index (χ4n) is 3.39. The van der Waals surface area contributed by atoms with Crippen molar-refractivity contribution in [1.82, 2.24) is 10.6 Å². The number of amides is 2. The van der Waals surface area contributed by atoms with Crippen LogP contribution in [-0.2, 0) is 20.8 Å². The number of ether oxygens (including phenoxy) is 1. The first-order valence-corrected chi connectivity index (χ1v) is 12.1. The van der Waals surface area contributed by atoms with Crippen LogP contribution in [0.25, 0.3) is 0 Å². The molecular formula is C22H24Cl2N2O4S. The van der Waals surface area contributed by atoms with Crippen molar-refractivity contribution in [2.45, 2.75) is 42.7 Å². The van der Waals surface area contributed by atoms with Gasteiger partial charge in [-0.2, -0.15) is 0 Å². The van der Waals surface area contributed by atoms with Gasteiger partial charge in [0.25, 0.3) is 11.8 Å². The Balaban J connectivity index is 1.34. The number of halogens is 2. The Bertz CT molecular complexity index is 872. The third kappa shape index (κ3) is 7.92. The molecule has 0 heterocycles. The molecule has 2 aromatic carbocycles. The molecule has 0 spiro atoms. The van der Waals surface area contributed by atoms with Crippen LogP contribution in [0.4, 0.5) is 0 Å². The van der Waals surface area contributed by atoms with Crippen molar-refractivity contribution < 1.29 is 18.9 Å². The summed E-state index contributed by atoms with van der Waals surface area (Å²) in [7, 11) is 0. The van der Waals surface area contributed by atoms with Gasteiger partial charge in [0.2, 0.25) is 0 Å². The molecule has 9 heteroatoms. The molecule has 1 saturated carbocycles. The minimum Gasteiger partial charge on any atom is -0.611 e. The molecule has 1 aliphatic rings. The Morgan fingerprint density at radius 2 is 1.35 bits per heavy atom. The van der Waals surface area contributed by atoms with Crippen LogP contribution in [0.5, 0.6) is 5.75 Å². The molecule has 1 aliphatic carbocycles. The van der Waals surface area contributed by atoms with Gasteiger partial charge >= 0.3 is 0 Å². The molecule has 6 nitrogen and oxygen atoms in total. The van der Waals surface area contributed by atoms with Crippen LogP contribution in [0, 0.1) is 0 Å². The molecule has 3 rings (SSSR count). The van der Waals surface area contributed by atoms with Crippen LogP contribution < -0.4 is 15.4 Å². The van der Waals surface area contributed by atoms with Gasteiger partial charge in [-0.15, -0.1) is 0 Å². The van der Waals surface area contributed by atoms with E-state index >= 15 is 0 Å². The molecule has 1 atom stereocenters. The number of benzene rings is 2. The summed E-state index contributed by atoms with van der Waals surface area (Å²) in [6, 6.07) is 13.5. The van der Waals surface area contributed by atoms with Gasteiger partial charge in [-0.1, -0.05) is 23.2 Å². The van der Waals surface area contributed by atoms with Crippen molar-refractivity contribution in [3.05, 3.63) is 58.6 Å². The van der Waals surface area contributed by atoms with Crippen LogP contribution in [0.15, 0.2) is 53.4 Å². The van der Waals surface area contributed by atoms with E-state index in [9.17, 15) is 14.1 Å². The van der Waals surface area contributed by atoms with E-state index < -0.39 is 11.2 Å². The quantitative estimate of drug-likeness (QED) is 0.560. The number of rotatable bonds is 8. The van der Waals surface area contributed by atoms with Gasteiger partial charge in [0, 0.05) is 22.1 Å². The Kier molecular flexibility index (Phi) is 8.90. The predicted octanol–water partition coefficient (Wildman–Crippen LogP) is 3.72. The molecule has 31 heavy (non-hydrogen) atoms. The molecule has 2 aromatic rings. The third-order valence-corrected chi connectivity index (χ3v) is 6.81. The lowest BCUT2D eigenvalue weighted by molar-refractivity contribution is -0.124. The second-order valence-electron chi connectivity index (χ2n) is 7.37. The summed E-state index contributed by atoms with van der Waals surface area (Å²) >= 11 is 10.2. The van der Waals surface area contributed by atoms with Gasteiger partial charge < -0.3 is 19.9 Å². The van der Waals surface area contributed by atoms with Gasteiger partial charge in [0.1, 0.15) is 5.75 Å². The summed E-state index contributed by atoms with van der Waals surface area (Å²) in [6.07, 6.45) is 3.03. The van der Waals surface area contributed by atoms with Crippen molar-refractivity contribution in [2.24, 2.45) is 0 Å². The predicted molar refractivity (Wildman–Crippen MR) is 122 cm³/mol. The molecule has 0 radical (unpaired) electrons. The SMILES string of the molecule is O=C(COc1ccc(Cl)cc1)N[C@H]1CC[C@H](NC(=O)C[S+]([O-])c2ccc(Cl)cc2)CC1. The smallest absolute Gasteiger partial charge is 0.270 e. The highest BCUT2D eigenvalue weighted by atomic mass is 35.5. The second-order valence-corrected chi connectivity index (χ2v) is 9.69. The Morgan fingerprint density at radius 1 is 0.871 bits per heavy atom. The van der Waals surface area contributed by atoms with E-state index in [-0.39, 0.29) is 36.3 Å². The van der Waals surface area contributed by atoms with Crippen LogP contribution in [0.3, 0.4) is 0 Å². The second kappa shape index (κ2) is 11.6. The average Bonchev–Trinajstić information content (AvgIpc) is 2.75. The van der Waals surface area contributed by atoms with E-state index in [0.29, 0.717) is 20.7 Å². The van der Waals surface area contributed by atoms with E-state index in [1.807, 2.05) is 0 Å². The third-order valence-electron chi connectivity index (χ3n) is 4.98. The normalized spacial score (nSPS) is 19.3. The lowest BCUT2D eigenvalue weighted by Gasteiger charge is -2.29. The van der Waals surface area contributed by atoms with Crippen molar-refractivity contribution in [3.8, 4) is 5.75 Å². The topological polar surface area (TPSA) is 90.5 Å². The fourth-order valence-corrected chi connectivity index (χ4v) is 4.57. The number of nitrogens with one attached hydrogen (secondary N) is 2. The number of carbonyl (C=O) groups excluding carboxylic acids is 2. The Hall–Kier alpha value is -1.93. The summed E-state index contributed by atoms with van der Waals surface area (Å²) in [5.41, 5.74) is 0. The zero-order valence-corrected chi connectivity index (χ0v) is 19.1. The highest BCUT2D eigenvalue weighted by Crippen LogP contribution is 2.20. The maximum absolute atomic E-state index is 12.3. The molecular weight excluding hydrogens is 459 g/mol. The summed E-state index contributed by atoms with van der Waals surface area (Å²) in [4.78, 5) is 24.9. The molecule has 2 amide bonds. The first-order valence-electron chi connectivity index (χ1n) is 10.00. The zero-order chi connectivity index (χ0) is 22.2. The molecule has 0 aliphatic heterocycles. The standard InChI is InChI=1S/C22H24Cl2N2O4S/c23-15-1-9-19(10-2-15)30-13-21(27)25-17-5-7-18(8-6-17)26-22(28)14-31(29)20-11-3-16(24)4-12-20/h1-4,9-12,17-18H,5-8,13-14H2,(H,25,27)(H,26,28)/t17-,18-,31?. The maximum Gasteiger partial charge on any atom is 0.270 e. The van der Waals surface area contributed by atoms with Gasteiger partial charge in [0.05, 0.1) is 0 Å². The van der Waals surface area contributed by atoms with Crippen LogP contribution in [0.2, 0.25) is 10.0 Å². The monoisotopic (exact) mass is 482 g/mol. The van der Waals surface area contributed by atoms with Crippen LogP contribution >= 0.6 is 23.2 Å². The van der Waals surface area contributed by atoms with Gasteiger partial charge in [-0.05, 0) is 85.4 Å².